The van der Waals surface area contributed by atoms with Gasteiger partial charge in [0.1, 0.15) is 11.5 Å². The Morgan fingerprint density at radius 2 is 1.89 bits per heavy atom. The van der Waals surface area contributed by atoms with Crippen LogP contribution in [0.5, 0.6) is 0 Å². The van der Waals surface area contributed by atoms with Crippen molar-refractivity contribution in [1.82, 2.24) is 25.1 Å². The number of pyridine rings is 1. The van der Waals surface area contributed by atoms with Gasteiger partial charge in [0.2, 0.25) is 0 Å². The second-order valence-electron chi connectivity index (χ2n) is 9.79. The Labute approximate surface area is 222 Å². The highest BCUT2D eigenvalue weighted by Gasteiger charge is 2.13. The maximum Gasteiger partial charge on any atom is 0.124 e. The maximum atomic E-state index is 14.7. The van der Waals surface area contributed by atoms with Gasteiger partial charge in [-0.2, -0.15) is 5.10 Å². The zero-order valence-corrected chi connectivity index (χ0v) is 22.1. The molecule has 6 heteroatoms. The van der Waals surface area contributed by atoms with Gasteiger partial charge in [-0.05, 0) is 111 Å². The number of fused-ring (bicyclic) bond motifs is 1. The van der Waals surface area contributed by atoms with Crippen LogP contribution in [0.25, 0.3) is 51.6 Å². The summed E-state index contributed by atoms with van der Waals surface area (Å²) in [7, 11) is 4.11. The number of benzene rings is 2. The fourth-order valence-corrected chi connectivity index (χ4v) is 4.86. The van der Waals surface area contributed by atoms with E-state index in [1.165, 1.54) is 0 Å². The van der Waals surface area contributed by atoms with E-state index in [-0.39, 0.29) is 5.82 Å². The summed E-state index contributed by atoms with van der Waals surface area (Å²) in [4.78, 5) is 9.80. The van der Waals surface area contributed by atoms with Gasteiger partial charge in [0.25, 0.3) is 0 Å². The van der Waals surface area contributed by atoms with Gasteiger partial charge in [-0.15, -0.1) is 0 Å². The van der Waals surface area contributed by atoms with Gasteiger partial charge in [-0.25, -0.2) is 4.39 Å². The molecule has 0 fully saturated rings. The highest BCUT2D eigenvalue weighted by atomic mass is 19.1. The molecule has 192 valence electrons. The van der Waals surface area contributed by atoms with Crippen molar-refractivity contribution in [3.8, 4) is 22.5 Å². The molecule has 0 aliphatic rings. The van der Waals surface area contributed by atoms with Gasteiger partial charge in [-0.1, -0.05) is 30.9 Å². The van der Waals surface area contributed by atoms with Crippen LogP contribution in [0.15, 0.2) is 73.1 Å². The molecule has 3 aromatic heterocycles. The number of aryl methyl sites for hydroxylation is 1. The molecule has 5 rings (SSSR count). The van der Waals surface area contributed by atoms with E-state index in [2.05, 4.69) is 70.0 Å². The predicted octanol–water partition coefficient (Wildman–Crippen LogP) is 5.55. The number of hydrogen-bond donors (Lipinski definition) is 2. The number of rotatable bonds is 8. The fraction of sp³-hybridized carbons (Fsp3) is 0.188. The van der Waals surface area contributed by atoms with Gasteiger partial charge < -0.3 is 9.88 Å². The molecule has 0 bridgehead atoms. The second kappa shape index (κ2) is 11.0. The zero-order chi connectivity index (χ0) is 26.6. The third-order valence-electron chi connectivity index (χ3n) is 6.77. The highest BCUT2D eigenvalue weighted by Crippen LogP contribution is 2.32. The summed E-state index contributed by atoms with van der Waals surface area (Å²) in [6.07, 6.45) is 9.54. The predicted molar refractivity (Wildman–Crippen MR) is 155 cm³/mol. The number of allylic oxidation sites excluding steroid dienone is 2. The van der Waals surface area contributed by atoms with Crippen LogP contribution in [0.2, 0.25) is 0 Å². The van der Waals surface area contributed by atoms with Crippen LogP contribution in [0.3, 0.4) is 0 Å². The number of hydrogen-bond acceptors (Lipinski definition) is 3. The Hall–Kier alpha value is -4.29. The van der Waals surface area contributed by atoms with E-state index in [9.17, 15) is 4.39 Å². The first-order valence-electron chi connectivity index (χ1n) is 12.8. The first-order chi connectivity index (χ1) is 18.4. The van der Waals surface area contributed by atoms with Crippen LogP contribution in [-0.2, 0) is 6.42 Å². The Morgan fingerprint density at radius 3 is 2.66 bits per heavy atom. The van der Waals surface area contributed by atoms with Crippen LogP contribution < -0.4 is 10.6 Å². The average molecular weight is 506 g/mol. The summed E-state index contributed by atoms with van der Waals surface area (Å²) in [6, 6.07) is 17.5. The van der Waals surface area contributed by atoms with Gasteiger partial charge in [-0.3, -0.25) is 10.1 Å². The standard InChI is InChI=1S/C32H32FN5/c1-5-23(24-11-13-34-14-12-24)19-28-21(2)36-37-32(28)31-20-29-27(9-6-10-30(29)35-31)25-16-22(17-26(33)18-25)8-7-15-38(3)4/h5-6,9-14,16-20,35-36H,2,7-8,15H2,1,3-4H3/b23-5+,28-19+. The molecule has 38 heavy (non-hydrogen) atoms. The molecule has 0 saturated heterocycles. The topological polar surface area (TPSA) is 60.6 Å². The Balaban J connectivity index is 1.57. The summed E-state index contributed by atoms with van der Waals surface area (Å²) in [5.41, 5.74) is 7.62. The van der Waals surface area contributed by atoms with Crippen molar-refractivity contribution >= 4 is 29.1 Å². The van der Waals surface area contributed by atoms with Crippen molar-refractivity contribution in [2.75, 3.05) is 20.6 Å². The molecule has 0 aliphatic carbocycles. The van der Waals surface area contributed by atoms with Crippen LogP contribution in [0.1, 0.15) is 24.5 Å². The van der Waals surface area contributed by atoms with Gasteiger partial charge in [0.15, 0.2) is 0 Å². The molecule has 0 saturated carbocycles. The quantitative estimate of drug-likeness (QED) is 0.291. The maximum absolute atomic E-state index is 14.7. The summed E-state index contributed by atoms with van der Waals surface area (Å²) < 4.78 is 14.7. The lowest BCUT2D eigenvalue weighted by molar-refractivity contribution is 0.400. The minimum atomic E-state index is -0.212. The summed E-state index contributed by atoms with van der Waals surface area (Å²) >= 11 is 0. The van der Waals surface area contributed by atoms with Crippen molar-refractivity contribution in [2.45, 2.75) is 19.8 Å². The van der Waals surface area contributed by atoms with Crippen LogP contribution in [-0.4, -0.2) is 45.7 Å². The van der Waals surface area contributed by atoms with Gasteiger partial charge in [0.05, 0.1) is 11.0 Å². The number of aromatic amines is 2. The Bertz CT molecular complexity index is 1710. The van der Waals surface area contributed by atoms with E-state index in [0.29, 0.717) is 0 Å². The lowest BCUT2D eigenvalue weighted by atomic mass is 9.98. The molecular weight excluding hydrogens is 473 g/mol. The summed E-state index contributed by atoms with van der Waals surface area (Å²) in [5.74, 6) is -0.212. The number of H-pyrrole nitrogens is 2. The van der Waals surface area contributed by atoms with Gasteiger partial charge >= 0.3 is 0 Å². The van der Waals surface area contributed by atoms with E-state index < -0.39 is 0 Å². The molecule has 2 aromatic carbocycles. The normalized spacial score (nSPS) is 12.7. The van der Waals surface area contributed by atoms with Crippen molar-refractivity contribution in [2.24, 2.45) is 0 Å². The molecule has 0 amide bonds. The number of nitrogens with zero attached hydrogens (tertiary/aromatic N) is 3. The molecule has 0 atom stereocenters. The number of halogens is 1. The van der Waals surface area contributed by atoms with Crippen molar-refractivity contribution in [3.63, 3.8) is 0 Å². The van der Waals surface area contributed by atoms with Crippen LogP contribution in [0.4, 0.5) is 4.39 Å². The van der Waals surface area contributed by atoms with Gasteiger partial charge in [0, 0.05) is 28.5 Å². The van der Waals surface area contributed by atoms with Crippen LogP contribution >= 0.6 is 0 Å². The van der Waals surface area contributed by atoms with E-state index >= 15 is 0 Å². The third kappa shape index (κ3) is 5.36. The van der Waals surface area contributed by atoms with E-state index in [0.717, 1.165) is 80.1 Å². The Kier molecular flexibility index (Phi) is 7.33. The molecule has 2 N–H and O–H groups in total. The minimum Gasteiger partial charge on any atom is -0.353 e. The smallest absolute Gasteiger partial charge is 0.124 e. The van der Waals surface area contributed by atoms with E-state index in [1.807, 2.05) is 37.3 Å². The zero-order valence-electron chi connectivity index (χ0n) is 22.1. The van der Waals surface area contributed by atoms with Crippen molar-refractivity contribution < 1.29 is 4.39 Å². The molecule has 0 radical (unpaired) electrons. The largest absolute Gasteiger partial charge is 0.353 e. The molecule has 5 nitrogen and oxygen atoms in total. The van der Waals surface area contributed by atoms with E-state index in [4.69, 9.17) is 0 Å². The Morgan fingerprint density at radius 1 is 1.08 bits per heavy atom. The summed E-state index contributed by atoms with van der Waals surface area (Å²) in [6.45, 7) is 7.15. The fourth-order valence-electron chi connectivity index (χ4n) is 4.86. The van der Waals surface area contributed by atoms with Crippen LogP contribution in [0, 0.1) is 5.82 Å². The monoisotopic (exact) mass is 505 g/mol. The molecule has 0 spiro atoms. The lowest BCUT2D eigenvalue weighted by Gasteiger charge is -2.11. The molecule has 0 aliphatic heterocycles. The highest BCUT2D eigenvalue weighted by molar-refractivity contribution is 5.98. The second-order valence-corrected chi connectivity index (χ2v) is 9.79. The first-order valence-corrected chi connectivity index (χ1v) is 12.8. The third-order valence-corrected chi connectivity index (χ3v) is 6.77. The number of nitrogens with one attached hydrogen (secondary N) is 2. The lowest BCUT2D eigenvalue weighted by Crippen LogP contribution is -2.22. The minimum absolute atomic E-state index is 0.212. The van der Waals surface area contributed by atoms with Crippen molar-refractivity contribution in [3.05, 3.63) is 101 Å². The SMILES string of the molecule is C=c1[nH]nc(-c2cc3c(-c4cc(F)cc(CCCN(C)C)c4)cccc3[nH]2)/c1=C/C(=C\C)c1ccncc1. The average Bonchev–Trinajstić information content (AvgIpc) is 3.50. The molecule has 0 unspecified atom stereocenters. The number of aromatic nitrogens is 4. The van der Waals surface area contributed by atoms with Crippen molar-refractivity contribution in [1.29, 1.82) is 0 Å². The first kappa shape index (κ1) is 25.4. The van der Waals surface area contributed by atoms with E-state index in [1.54, 1.807) is 24.5 Å². The molecule has 3 heterocycles. The summed E-state index contributed by atoms with van der Waals surface area (Å²) in [5, 5.41) is 10.3. The molecular formula is C32H32FN5. The molecule has 5 aromatic rings.